The highest BCUT2D eigenvalue weighted by Gasteiger charge is 2.35. The zero-order valence-electron chi connectivity index (χ0n) is 26.0. The summed E-state index contributed by atoms with van der Waals surface area (Å²) >= 11 is 6.60. The van der Waals surface area contributed by atoms with E-state index in [1.54, 1.807) is 42.5 Å². The molecule has 1 saturated carbocycles. The minimum atomic E-state index is -4.14. The van der Waals surface area contributed by atoms with Crippen LogP contribution < -0.4 is 9.62 Å². The normalized spacial score (nSPS) is 14.3. The van der Waals surface area contributed by atoms with E-state index in [2.05, 4.69) is 5.32 Å². The second kappa shape index (κ2) is 15.4. The van der Waals surface area contributed by atoms with Crippen molar-refractivity contribution in [1.29, 1.82) is 0 Å². The topological polar surface area (TPSA) is 86.8 Å². The van der Waals surface area contributed by atoms with Gasteiger partial charge in [-0.1, -0.05) is 115 Å². The van der Waals surface area contributed by atoms with Crippen molar-refractivity contribution in [2.45, 2.75) is 69.0 Å². The van der Waals surface area contributed by atoms with E-state index in [1.165, 1.54) is 17.0 Å². The Hall–Kier alpha value is -4.14. The molecular weight excluding hydrogens is 618 g/mol. The maximum Gasteiger partial charge on any atom is 0.264 e. The van der Waals surface area contributed by atoms with Crippen LogP contribution in [0.1, 0.15) is 48.8 Å². The molecule has 0 radical (unpaired) electrons. The number of carbonyl (C=O) groups excluding carboxylic acids is 2. The van der Waals surface area contributed by atoms with Crippen LogP contribution in [0.5, 0.6) is 0 Å². The van der Waals surface area contributed by atoms with Crippen LogP contribution in [0, 0.1) is 6.92 Å². The number of carbonyl (C=O) groups is 2. The quantitative estimate of drug-likeness (QED) is 0.179. The second-order valence-corrected chi connectivity index (χ2v) is 14.1. The van der Waals surface area contributed by atoms with Crippen molar-refractivity contribution in [3.05, 3.63) is 131 Å². The zero-order valence-corrected chi connectivity index (χ0v) is 27.6. The molecular formula is C37H40ClN3O4S. The van der Waals surface area contributed by atoms with Gasteiger partial charge >= 0.3 is 0 Å². The summed E-state index contributed by atoms with van der Waals surface area (Å²) in [5.41, 5.74) is 2.85. The Balaban J connectivity index is 1.56. The lowest BCUT2D eigenvalue weighted by Gasteiger charge is -2.35. The van der Waals surface area contributed by atoms with Gasteiger partial charge in [-0.15, -0.1) is 0 Å². The standard InChI is InChI=1S/C37H40ClN3O4S/c1-28-21-23-32(24-22-28)41(46(44,45)33-18-9-4-10-19-33)27-36(42)40(26-30-15-11-12-20-34(30)38)35(25-29-13-5-2-6-14-29)37(43)39-31-16-7-3-8-17-31/h2,4-6,9-15,18-24,31,35H,3,7-8,16-17,25-27H2,1H3,(H,39,43)/t35-/m0/s1. The first-order chi connectivity index (χ1) is 22.2. The monoisotopic (exact) mass is 657 g/mol. The van der Waals surface area contributed by atoms with E-state index >= 15 is 0 Å². The first-order valence-corrected chi connectivity index (χ1v) is 17.6. The third-order valence-corrected chi connectivity index (χ3v) is 10.6. The van der Waals surface area contributed by atoms with E-state index in [9.17, 15) is 18.0 Å². The van der Waals surface area contributed by atoms with Crippen LogP contribution in [0.25, 0.3) is 0 Å². The van der Waals surface area contributed by atoms with Gasteiger partial charge in [0.05, 0.1) is 10.6 Å². The number of aryl methyl sites for hydroxylation is 1. The van der Waals surface area contributed by atoms with Crippen LogP contribution in [0.3, 0.4) is 0 Å². The average molecular weight is 658 g/mol. The van der Waals surface area contributed by atoms with Crippen molar-refractivity contribution in [3.63, 3.8) is 0 Å². The fourth-order valence-electron chi connectivity index (χ4n) is 5.87. The number of benzene rings is 4. The van der Waals surface area contributed by atoms with Crippen LogP contribution >= 0.6 is 11.6 Å². The Kier molecular flexibility index (Phi) is 11.1. The third kappa shape index (κ3) is 8.36. The number of hydrogen-bond acceptors (Lipinski definition) is 4. The Morgan fingerprint density at radius 2 is 1.43 bits per heavy atom. The molecule has 4 aromatic rings. The van der Waals surface area contributed by atoms with Gasteiger partial charge in [-0.05, 0) is 61.2 Å². The molecule has 7 nitrogen and oxygen atoms in total. The molecule has 1 fully saturated rings. The number of hydrogen-bond donors (Lipinski definition) is 1. The Morgan fingerprint density at radius 1 is 0.826 bits per heavy atom. The molecule has 1 N–H and O–H groups in total. The Labute approximate surface area is 277 Å². The summed E-state index contributed by atoms with van der Waals surface area (Å²) in [5.74, 6) is -0.774. The van der Waals surface area contributed by atoms with Crippen LogP contribution in [0.15, 0.2) is 114 Å². The van der Waals surface area contributed by atoms with Gasteiger partial charge in [0.25, 0.3) is 10.0 Å². The lowest BCUT2D eigenvalue weighted by atomic mass is 9.94. The average Bonchev–Trinajstić information content (AvgIpc) is 3.07. The van der Waals surface area contributed by atoms with Crippen molar-refractivity contribution in [3.8, 4) is 0 Å². The van der Waals surface area contributed by atoms with Gasteiger partial charge in [0.15, 0.2) is 0 Å². The molecule has 1 aliphatic carbocycles. The van der Waals surface area contributed by atoms with Crippen LogP contribution in [0.4, 0.5) is 5.69 Å². The van der Waals surface area contributed by atoms with Gasteiger partial charge in [0.1, 0.15) is 12.6 Å². The number of amides is 2. The van der Waals surface area contributed by atoms with Crippen molar-refractivity contribution < 1.29 is 18.0 Å². The molecule has 2 amide bonds. The molecule has 0 aliphatic heterocycles. The maximum absolute atomic E-state index is 14.6. The van der Waals surface area contributed by atoms with Crippen molar-refractivity contribution in [2.75, 3.05) is 10.8 Å². The lowest BCUT2D eigenvalue weighted by molar-refractivity contribution is -0.140. The highest BCUT2D eigenvalue weighted by molar-refractivity contribution is 7.92. The minimum Gasteiger partial charge on any atom is -0.352 e. The fourth-order valence-corrected chi connectivity index (χ4v) is 7.50. The first kappa shape index (κ1) is 33.2. The smallest absolute Gasteiger partial charge is 0.264 e. The molecule has 0 spiro atoms. The number of sulfonamides is 1. The summed E-state index contributed by atoms with van der Waals surface area (Å²) < 4.78 is 29.3. The van der Waals surface area contributed by atoms with Crippen molar-refractivity contribution in [1.82, 2.24) is 10.2 Å². The van der Waals surface area contributed by atoms with Gasteiger partial charge in [0, 0.05) is 24.0 Å². The highest BCUT2D eigenvalue weighted by Crippen LogP contribution is 2.27. The molecule has 0 saturated heterocycles. The fraction of sp³-hybridized carbons (Fsp3) is 0.297. The third-order valence-electron chi connectivity index (χ3n) is 8.45. The van der Waals surface area contributed by atoms with Gasteiger partial charge in [-0.25, -0.2) is 8.42 Å². The number of nitrogens with zero attached hydrogens (tertiary/aromatic N) is 2. The van der Waals surface area contributed by atoms with Gasteiger partial charge in [-0.3, -0.25) is 13.9 Å². The van der Waals surface area contributed by atoms with E-state index in [1.807, 2.05) is 61.5 Å². The predicted octanol–water partition coefficient (Wildman–Crippen LogP) is 6.93. The van der Waals surface area contributed by atoms with E-state index in [0.29, 0.717) is 16.3 Å². The molecule has 5 rings (SSSR count). The molecule has 0 unspecified atom stereocenters. The summed E-state index contributed by atoms with van der Waals surface area (Å²) in [4.78, 5) is 30.4. The summed E-state index contributed by atoms with van der Waals surface area (Å²) in [6.07, 6.45) is 5.25. The zero-order chi connectivity index (χ0) is 32.5. The Bertz CT molecular complexity index is 1710. The minimum absolute atomic E-state index is 0.0271. The SMILES string of the molecule is Cc1ccc(N(CC(=O)N(Cc2ccccc2Cl)[C@@H](Cc2ccccc2)C(=O)NC2CCCCC2)S(=O)(=O)c2ccccc2)cc1. The van der Waals surface area contributed by atoms with Gasteiger partial charge < -0.3 is 10.2 Å². The van der Waals surface area contributed by atoms with E-state index < -0.39 is 28.5 Å². The van der Waals surface area contributed by atoms with E-state index in [0.717, 1.165) is 47.5 Å². The maximum atomic E-state index is 14.6. The summed E-state index contributed by atoms with van der Waals surface area (Å²) in [6.45, 7) is 1.43. The van der Waals surface area contributed by atoms with E-state index in [4.69, 9.17) is 11.6 Å². The van der Waals surface area contributed by atoms with Crippen LogP contribution in [0.2, 0.25) is 5.02 Å². The van der Waals surface area contributed by atoms with Gasteiger partial charge in [-0.2, -0.15) is 0 Å². The van der Waals surface area contributed by atoms with Crippen LogP contribution in [-0.2, 0) is 32.6 Å². The molecule has 0 heterocycles. The highest BCUT2D eigenvalue weighted by atomic mass is 35.5. The summed E-state index contributed by atoms with van der Waals surface area (Å²) in [7, 11) is -4.14. The number of anilines is 1. The molecule has 9 heteroatoms. The van der Waals surface area contributed by atoms with Crippen molar-refractivity contribution in [2.24, 2.45) is 0 Å². The first-order valence-electron chi connectivity index (χ1n) is 15.7. The lowest BCUT2D eigenvalue weighted by Crippen LogP contribution is -2.55. The van der Waals surface area contributed by atoms with E-state index in [-0.39, 0.29) is 29.8 Å². The number of halogens is 1. The second-order valence-electron chi connectivity index (χ2n) is 11.8. The van der Waals surface area contributed by atoms with Gasteiger partial charge in [0.2, 0.25) is 11.8 Å². The number of rotatable bonds is 12. The number of nitrogens with one attached hydrogen (secondary N) is 1. The molecule has 240 valence electrons. The van der Waals surface area contributed by atoms with Crippen molar-refractivity contribution >= 4 is 39.1 Å². The summed E-state index contributed by atoms with van der Waals surface area (Å²) in [5, 5.41) is 3.68. The molecule has 1 aliphatic rings. The Morgan fingerprint density at radius 3 is 2.09 bits per heavy atom. The summed E-state index contributed by atoms with van der Waals surface area (Å²) in [6, 6.07) is 30.9. The molecule has 4 aromatic carbocycles. The van der Waals surface area contributed by atoms with Crippen LogP contribution in [-0.4, -0.2) is 43.8 Å². The molecule has 46 heavy (non-hydrogen) atoms. The molecule has 0 aromatic heterocycles. The predicted molar refractivity (Wildman–Crippen MR) is 183 cm³/mol. The molecule has 0 bridgehead atoms. The molecule has 1 atom stereocenters. The largest absolute Gasteiger partial charge is 0.352 e.